The van der Waals surface area contributed by atoms with Crippen LogP contribution in [-0.2, 0) is 4.74 Å². The molecule has 0 aliphatic carbocycles. The number of aliphatic hydroxyl groups is 2. The number of ether oxygens (including phenoxy) is 1. The summed E-state index contributed by atoms with van der Waals surface area (Å²) in [5, 5.41) is 21.4. The van der Waals surface area contributed by atoms with Gasteiger partial charge in [0.05, 0.1) is 18.1 Å². The molecule has 1 saturated heterocycles. The molecule has 1 fully saturated rings. The number of anilines is 2. The van der Waals surface area contributed by atoms with Gasteiger partial charge in [0.25, 0.3) is 0 Å². The normalized spacial score (nSPS) is 25.8. The first kappa shape index (κ1) is 17.0. The molecule has 0 spiro atoms. The molecule has 1 aliphatic rings. The van der Waals surface area contributed by atoms with Crippen LogP contribution in [0.4, 0.5) is 11.5 Å². The van der Waals surface area contributed by atoms with Crippen molar-refractivity contribution in [2.24, 2.45) is 0 Å². The largest absolute Gasteiger partial charge is 0.397 e. The minimum Gasteiger partial charge on any atom is -0.397 e. The fourth-order valence-corrected chi connectivity index (χ4v) is 3.81. The molecule has 0 aromatic carbocycles. The first-order valence-corrected chi connectivity index (χ1v) is 8.82. The Hall–Kier alpha value is -2.47. The van der Waals surface area contributed by atoms with Gasteiger partial charge in [0.1, 0.15) is 29.1 Å². The maximum Gasteiger partial charge on any atom is 0.167 e. The van der Waals surface area contributed by atoms with E-state index in [0.717, 1.165) is 0 Å². The predicted octanol–water partition coefficient (Wildman–Crippen LogP) is -0.203. The standard InChI is InChI=1S/C15H17N7O3S/c16-7-2-1-3-18-14(7)26-4-8-10(23)11(24)15(25-8)22-6-21-9-12(17)19-5-20-13(9)22/h1-3,5-6,8,10-11,15,23-24H,4,16H2,(H2,17,19,20)/t8-,10-,11-,15-/m1/s1. The highest BCUT2D eigenvalue weighted by atomic mass is 32.2. The molecule has 10 nitrogen and oxygen atoms in total. The molecule has 6 N–H and O–H groups in total. The van der Waals surface area contributed by atoms with E-state index in [-0.39, 0.29) is 5.82 Å². The number of nitrogens with two attached hydrogens (primary N) is 2. The van der Waals surface area contributed by atoms with Crippen LogP contribution in [0.1, 0.15) is 6.23 Å². The van der Waals surface area contributed by atoms with Crippen LogP contribution in [0.25, 0.3) is 11.2 Å². The zero-order valence-electron chi connectivity index (χ0n) is 13.5. The van der Waals surface area contributed by atoms with E-state index in [2.05, 4.69) is 19.9 Å². The van der Waals surface area contributed by atoms with Crippen molar-refractivity contribution in [3.05, 3.63) is 31.0 Å². The average molecular weight is 375 g/mol. The van der Waals surface area contributed by atoms with Gasteiger partial charge in [0.2, 0.25) is 0 Å². The summed E-state index contributed by atoms with van der Waals surface area (Å²) in [5.41, 5.74) is 13.0. The third kappa shape index (κ3) is 2.84. The number of aromatic nitrogens is 5. The third-order valence-corrected chi connectivity index (χ3v) is 5.29. The molecule has 3 aromatic rings. The zero-order chi connectivity index (χ0) is 18.3. The molecule has 0 unspecified atom stereocenters. The summed E-state index contributed by atoms with van der Waals surface area (Å²) < 4.78 is 7.41. The number of nitrogens with zero attached hydrogens (tertiary/aromatic N) is 5. The van der Waals surface area contributed by atoms with Crippen LogP contribution in [0.15, 0.2) is 36.0 Å². The van der Waals surface area contributed by atoms with Gasteiger partial charge >= 0.3 is 0 Å². The summed E-state index contributed by atoms with van der Waals surface area (Å²) >= 11 is 1.35. The summed E-state index contributed by atoms with van der Waals surface area (Å²) in [6.07, 6.45) is 0.746. The number of thioether (sulfide) groups is 1. The van der Waals surface area contributed by atoms with Crippen molar-refractivity contribution in [3.8, 4) is 0 Å². The molecule has 0 saturated carbocycles. The quantitative estimate of drug-likeness (QED) is 0.450. The molecule has 4 rings (SSSR count). The van der Waals surface area contributed by atoms with Gasteiger partial charge in [-0.25, -0.2) is 19.9 Å². The minimum absolute atomic E-state index is 0.236. The summed E-state index contributed by atoms with van der Waals surface area (Å²) in [6, 6.07) is 3.50. The molecule has 0 amide bonds. The van der Waals surface area contributed by atoms with Crippen LogP contribution in [0.2, 0.25) is 0 Å². The van der Waals surface area contributed by atoms with E-state index in [4.69, 9.17) is 16.2 Å². The summed E-state index contributed by atoms with van der Waals surface area (Å²) in [7, 11) is 0. The number of imidazole rings is 1. The van der Waals surface area contributed by atoms with E-state index >= 15 is 0 Å². The van der Waals surface area contributed by atoms with Crippen molar-refractivity contribution in [2.75, 3.05) is 17.2 Å². The van der Waals surface area contributed by atoms with E-state index in [1.807, 2.05) is 0 Å². The summed E-state index contributed by atoms with van der Waals surface area (Å²) in [6.45, 7) is 0. The second-order valence-corrected chi connectivity index (χ2v) is 6.85. The predicted molar refractivity (Wildman–Crippen MR) is 95.0 cm³/mol. The lowest BCUT2D eigenvalue weighted by molar-refractivity contribution is -0.0289. The molecule has 4 atom stereocenters. The lowest BCUT2D eigenvalue weighted by Crippen LogP contribution is -2.32. The molecule has 11 heteroatoms. The molecular formula is C15H17N7O3S. The SMILES string of the molecule is Nc1cccnc1SC[C@H]1O[C@@H](n2cnc3c(N)ncnc32)[C@H](O)[C@@H]1O. The van der Waals surface area contributed by atoms with Crippen LogP contribution >= 0.6 is 11.8 Å². The van der Waals surface area contributed by atoms with Crippen LogP contribution in [0.3, 0.4) is 0 Å². The molecule has 0 radical (unpaired) electrons. The Labute approximate surface area is 152 Å². The van der Waals surface area contributed by atoms with Crippen LogP contribution in [-0.4, -0.2) is 58.8 Å². The number of rotatable bonds is 4. The molecule has 26 heavy (non-hydrogen) atoms. The van der Waals surface area contributed by atoms with Gasteiger partial charge in [0, 0.05) is 11.9 Å². The van der Waals surface area contributed by atoms with E-state index in [1.165, 1.54) is 24.4 Å². The number of hydrogen-bond acceptors (Lipinski definition) is 10. The first-order valence-electron chi connectivity index (χ1n) is 7.84. The third-order valence-electron chi connectivity index (χ3n) is 4.18. The molecular weight excluding hydrogens is 358 g/mol. The summed E-state index contributed by atoms with van der Waals surface area (Å²) in [4.78, 5) is 16.4. The van der Waals surface area contributed by atoms with Crippen molar-refractivity contribution in [2.45, 2.75) is 29.6 Å². The smallest absolute Gasteiger partial charge is 0.167 e. The number of pyridine rings is 1. The van der Waals surface area contributed by atoms with Crippen LogP contribution in [0, 0.1) is 0 Å². The van der Waals surface area contributed by atoms with Gasteiger partial charge in [0.15, 0.2) is 17.7 Å². The van der Waals surface area contributed by atoms with Crippen molar-refractivity contribution >= 4 is 34.4 Å². The molecule has 1 aliphatic heterocycles. The van der Waals surface area contributed by atoms with E-state index < -0.39 is 24.5 Å². The topological polar surface area (TPSA) is 158 Å². The lowest BCUT2D eigenvalue weighted by Gasteiger charge is -2.16. The molecule has 4 heterocycles. The van der Waals surface area contributed by atoms with Gasteiger partial charge < -0.3 is 26.4 Å². The Kier molecular flexibility index (Phi) is 4.36. The van der Waals surface area contributed by atoms with Gasteiger partial charge in [-0.2, -0.15) is 0 Å². The fourth-order valence-electron chi connectivity index (χ4n) is 2.84. The first-order chi connectivity index (χ1) is 12.6. The van der Waals surface area contributed by atoms with Crippen molar-refractivity contribution in [3.63, 3.8) is 0 Å². The van der Waals surface area contributed by atoms with E-state index in [1.54, 1.807) is 22.9 Å². The Balaban J connectivity index is 1.54. The maximum absolute atomic E-state index is 10.4. The highest BCUT2D eigenvalue weighted by Gasteiger charge is 2.44. The van der Waals surface area contributed by atoms with Crippen LogP contribution in [0.5, 0.6) is 0 Å². The van der Waals surface area contributed by atoms with Crippen molar-refractivity contribution in [1.29, 1.82) is 0 Å². The van der Waals surface area contributed by atoms with Crippen molar-refractivity contribution < 1.29 is 14.9 Å². The Bertz CT molecular complexity index is 936. The Morgan fingerprint density at radius 3 is 2.81 bits per heavy atom. The maximum atomic E-state index is 10.4. The number of nitrogen functional groups attached to an aromatic ring is 2. The second-order valence-electron chi connectivity index (χ2n) is 5.84. The summed E-state index contributed by atoms with van der Waals surface area (Å²) in [5.74, 6) is 0.610. The Morgan fingerprint density at radius 1 is 1.15 bits per heavy atom. The molecule has 3 aromatic heterocycles. The van der Waals surface area contributed by atoms with Gasteiger partial charge in [-0.3, -0.25) is 4.57 Å². The average Bonchev–Trinajstić information content (AvgIpc) is 3.18. The number of aliphatic hydroxyl groups excluding tert-OH is 2. The number of fused-ring (bicyclic) bond motifs is 1. The van der Waals surface area contributed by atoms with E-state index in [9.17, 15) is 10.2 Å². The fraction of sp³-hybridized carbons (Fsp3) is 0.333. The zero-order valence-corrected chi connectivity index (χ0v) is 14.3. The van der Waals surface area contributed by atoms with Crippen LogP contribution < -0.4 is 11.5 Å². The minimum atomic E-state index is -1.14. The molecule has 0 bridgehead atoms. The second kappa shape index (κ2) is 6.68. The lowest BCUT2D eigenvalue weighted by atomic mass is 10.1. The number of hydrogen-bond donors (Lipinski definition) is 4. The van der Waals surface area contributed by atoms with Gasteiger partial charge in [-0.05, 0) is 12.1 Å². The highest BCUT2D eigenvalue weighted by Crippen LogP contribution is 2.34. The van der Waals surface area contributed by atoms with Gasteiger partial charge in [-0.1, -0.05) is 0 Å². The Morgan fingerprint density at radius 2 is 2.00 bits per heavy atom. The molecule has 136 valence electrons. The highest BCUT2D eigenvalue weighted by molar-refractivity contribution is 7.99. The monoisotopic (exact) mass is 375 g/mol. The van der Waals surface area contributed by atoms with E-state index in [0.29, 0.717) is 27.6 Å². The van der Waals surface area contributed by atoms with Gasteiger partial charge in [-0.15, -0.1) is 11.8 Å². The van der Waals surface area contributed by atoms with Crippen molar-refractivity contribution in [1.82, 2.24) is 24.5 Å².